The Hall–Kier alpha value is -3.26. The van der Waals surface area contributed by atoms with Gasteiger partial charge in [0.15, 0.2) is 0 Å². The number of rotatable bonds is 6. The zero-order chi connectivity index (χ0) is 21.3. The van der Waals surface area contributed by atoms with Gasteiger partial charge < -0.3 is 15.8 Å². The van der Waals surface area contributed by atoms with Gasteiger partial charge in [0, 0.05) is 29.7 Å². The molecule has 4 N–H and O–H groups in total. The molecule has 0 unspecified atom stereocenters. The van der Waals surface area contributed by atoms with Gasteiger partial charge >= 0.3 is 12.1 Å². The SMILES string of the molecule is C=CN(/C=C/NC(=O)OC(C)(C)C)C(=O)/C=C/c1ccc(Cl)cc1NC(N)=O. The molecule has 0 aromatic heterocycles. The van der Waals surface area contributed by atoms with Crippen LogP contribution in [0.2, 0.25) is 5.02 Å². The fourth-order valence-corrected chi connectivity index (χ4v) is 2.05. The Balaban J connectivity index is 2.81. The summed E-state index contributed by atoms with van der Waals surface area (Å²) >= 11 is 5.90. The highest BCUT2D eigenvalue weighted by Crippen LogP contribution is 2.22. The van der Waals surface area contributed by atoms with E-state index in [2.05, 4.69) is 17.2 Å². The Bertz CT molecular complexity index is 813. The molecule has 0 aliphatic heterocycles. The van der Waals surface area contributed by atoms with Gasteiger partial charge in [0.1, 0.15) is 5.60 Å². The van der Waals surface area contributed by atoms with Gasteiger partial charge in [-0.25, -0.2) is 9.59 Å². The van der Waals surface area contributed by atoms with E-state index in [1.54, 1.807) is 32.9 Å². The topological polar surface area (TPSA) is 114 Å². The van der Waals surface area contributed by atoms with Crippen molar-refractivity contribution in [3.05, 3.63) is 60.0 Å². The minimum Gasteiger partial charge on any atom is -0.444 e. The molecule has 1 rings (SSSR count). The Morgan fingerprint density at radius 1 is 1.29 bits per heavy atom. The summed E-state index contributed by atoms with van der Waals surface area (Å²) in [6.07, 6.45) is 5.92. The molecular formula is C19H23ClN4O4. The average molecular weight is 407 g/mol. The van der Waals surface area contributed by atoms with Crippen LogP contribution in [-0.2, 0) is 9.53 Å². The van der Waals surface area contributed by atoms with Crippen LogP contribution >= 0.6 is 11.6 Å². The molecule has 0 aliphatic carbocycles. The largest absolute Gasteiger partial charge is 0.444 e. The van der Waals surface area contributed by atoms with Gasteiger partial charge in [-0.1, -0.05) is 24.2 Å². The van der Waals surface area contributed by atoms with Gasteiger partial charge in [-0.15, -0.1) is 0 Å². The molecule has 150 valence electrons. The van der Waals surface area contributed by atoms with Crippen LogP contribution in [0.15, 0.2) is 49.5 Å². The second-order valence-electron chi connectivity index (χ2n) is 6.44. The van der Waals surface area contributed by atoms with Crippen molar-refractivity contribution in [2.24, 2.45) is 5.73 Å². The Morgan fingerprint density at radius 3 is 2.54 bits per heavy atom. The van der Waals surface area contributed by atoms with Gasteiger partial charge in [-0.3, -0.25) is 15.0 Å². The smallest absolute Gasteiger partial charge is 0.411 e. The molecule has 0 heterocycles. The second kappa shape index (κ2) is 10.2. The summed E-state index contributed by atoms with van der Waals surface area (Å²) in [4.78, 5) is 36.1. The number of nitrogens with zero attached hydrogens (tertiary/aromatic N) is 1. The lowest BCUT2D eigenvalue weighted by molar-refractivity contribution is -0.121. The van der Waals surface area contributed by atoms with E-state index >= 15 is 0 Å². The maximum absolute atomic E-state index is 12.3. The number of hydrogen-bond acceptors (Lipinski definition) is 4. The third kappa shape index (κ3) is 8.41. The van der Waals surface area contributed by atoms with E-state index in [1.165, 1.54) is 36.8 Å². The van der Waals surface area contributed by atoms with Crippen molar-refractivity contribution in [1.29, 1.82) is 0 Å². The summed E-state index contributed by atoms with van der Waals surface area (Å²) in [6, 6.07) is 3.97. The first-order valence-electron chi connectivity index (χ1n) is 8.17. The number of ether oxygens (including phenoxy) is 1. The number of nitrogens with two attached hydrogens (primary N) is 1. The maximum Gasteiger partial charge on any atom is 0.411 e. The molecule has 0 fully saturated rings. The molecule has 9 heteroatoms. The summed E-state index contributed by atoms with van der Waals surface area (Å²) < 4.78 is 5.07. The number of alkyl carbamates (subject to hydrolysis) is 1. The van der Waals surface area contributed by atoms with Crippen LogP contribution in [0.3, 0.4) is 0 Å². The third-order valence-corrected chi connectivity index (χ3v) is 3.20. The molecule has 1 aromatic carbocycles. The monoisotopic (exact) mass is 406 g/mol. The number of anilines is 1. The van der Waals surface area contributed by atoms with E-state index in [9.17, 15) is 14.4 Å². The fraction of sp³-hybridized carbons (Fsp3) is 0.211. The second-order valence-corrected chi connectivity index (χ2v) is 6.88. The molecule has 0 bridgehead atoms. The van der Waals surface area contributed by atoms with Gasteiger partial charge in [0.25, 0.3) is 5.91 Å². The van der Waals surface area contributed by atoms with Crippen LogP contribution in [0.4, 0.5) is 15.3 Å². The van der Waals surface area contributed by atoms with Crippen molar-refractivity contribution >= 4 is 41.4 Å². The first-order valence-corrected chi connectivity index (χ1v) is 8.55. The predicted octanol–water partition coefficient (Wildman–Crippen LogP) is 3.81. The van der Waals surface area contributed by atoms with Gasteiger partial charge in [-0.05, 0) is 44.5 Å². The maximum atomic E-state index is 12.3. The number of halogens is 1. The van der Waals surface area contributed by atoms with Gasteiger partial charge in [0.05, 0.1) is 5.69 Å². The fourth-order valence-electron chi connectivity index (χ4n) is 1.88. The number of nitrogens with one attached hydrogen (secondary N) is 2. The molecule has 0 saturated heterocycles. The summed E-state index contributed by atoms with van der Waals surface area (Å²) in [5.41, 5.74) is 5.37. The summed E-state index contributed by atoms with van der Waals surface area (Å²) in [6.45, 7) is 8.75. The lowest BCUT2D eigenvalue weighted by Gasteiger charge is -2.19. The molecule has 0 aliphatic rings. The summed E-state index contributed by atoms with van der Waals surface area (Å²) in [7, 11) is 0. The zero-order valence-electron chi connectivity index (χ0n) is 15.9. The van der Waals surface area contributed by atoms with Crippen LogP contribution in [-0.4, -0.2) is 28.5 Å². The first-order chi connectivity index (χ1) is 13.0. The molecule has 4 amide bonds. The minimum absolute atomic E-state index is 0.358. The highest BCUT2D eigenvalue weighted by atomic mass is 35.5. The molecule has 0 saturated carbocycles. The normalized spacial score (nSPS) is 11.3. The van der Waals surface area contributed by atoms with Gasteiger partial charge in [0.2, 0.25) is 0 Å². The standard InChI is InChI=1S/C19H23ClN4O4/c1-5-24(11-10-22-18(27)28-19(2,3)4)16(25)9-7-13-6-8-14(20)12-15(13)23-17(21)26/h5-12H,1H2,2-4H3,(H,22,27)(H3,21,23,26)/b9-7+,11-10+. The summed E-state index contributed by atoms with van der Waals surface area (Å²) in [5, 5.41) is 5.21. The molecule has 28 heavy (non-hydrogen) atoms. The number of benzene rings is 1. The molecule has 0 spiro atoms. The Morgan fingerprint density at radius 2 is 1.96 bits per heavy atom. The van der Waals surface area contributed by atoms with E-state index < -0.39 is 23.6 Å². The highest BCUT2D eigenvalue weighted by Gasteiger charge is 2.15. The lowest BCUT2D eigenvalue weighted by Crippen LogP contribution is -2.30. The number of hydrogen-bond donors (Lipinski definition) is 3. The lowest BCUT2D eigenvalue weighted by atomic mass is 10.1. The van der Waals surface area contributed by atoms with Crippen LogP contribution in [0.25, 0.3) is 6.08 Å². The molecule has 0 radical (unpaired) electrons. The predicted molar refractivity (Wildman–Crippen MR) is 109 cm³/mol. The first kappa shape index (κ1) is 22.8. The van der Waals surface area contributed by atoms with Crippen molar-refractivity contribution in [2.45, 2.75) is 26.4 Å². The van der Waals surface area contributed by atoms with Crippen LogP contribution in [0.1, 0.15) is 26.3 Å². The number of carbonyl (C=O) groups excluding carboxylic acids is 3. The molecule has 8 nitrogen and oxygen atoms in total. The number of carbonyl (C=O) groups is 3. The van der Waals surface area contributed by atoms with Crippen LogP contribution in [0, 0.1) is 0 Å². The molecule has 1 aromatic rings. The number of urea groups is 1. The Kier molecular flexibility index (Phi) is 8.28. The average Bonchev–Trinajstić information content (AvgIpc) is 2.55. The van der Waals surface area contributed by atoms with E-state index in [-0.39, 0.29) is 0 Å². The number of amides is 4. The highest BCUT2D eigenvalue weighted by molar-refractivity contribution is 6.31. The van der Waals surface area contributed by atoms with Crippen molar-refractivity contribution in [3.8, 4) is 0 Å². The zero-order valence-corrected chi connectivity index (χ0v) is 16.6. The quantitative estimate of drug-likeness (QED) is 0.623. The van der Waals surface area contributed by atoms with E-state index in [0.717, 1.165) is 4.90 Å². The summed E-state index contributed by atoms with van der Waals surface area (Å²) in [5.74, 6) is -0.447. The van der Waals surface area contributed by atoms with Crippen molar-refractivity contribution in [2.75, 3.05) is 5.32 Å². The molecular weight excluding hydrogens is 384 g/mol. The van der Waals surface area contributed by atoms with Crippen molar-refractivity contribution in [3.63, 3.8) is 0 Å². The Labute approximate surface area is 168 Å². The van der Waals surface area contributed by atoms with Crippen molar-refractivity contribution < 1.29 is 19.1 Å². The number of primary amides is 1. The third-order valence-electron chi connectivity index (χ3n) is 2.97. The van der Waals surface area contributed by atoms with E-state index in [4.69, 9.17) is 22.1 Å². The van der Waals surface area contributed by atoms with Crippen LogP contribution in [0.5, 0.6) is 0 Å². The van der Waals surface area contributed by atoms with Gasteiger partial charge in [-0.2, -0.15) is 0 Å². The van der Waals surface area contributed by atoms with Crippen LogP contribution < -0.4 is 16.4 Å². The van der Waals surface area contributed by atoms with Crippen molar-refractivity contribution in [1.82, 2.24) is 10.2 Å². The molecule has 0 atom stereocenters. The van der Waals surface area contributed by atoms with E-state index in [1.807, 2.05) is 0 Å². The van der Waals surface area contributed by atoms with E-state index in [0.29, 0.717) is 16.3 Å². The minimum atomic E-state index is -0.757.